The van der Waals surface area contributed by atoms with E-state index >= 15 is 0 Å². The Morgan fingerprint density at radius 1 is 1.13 bits per heavy atom. The summed E-state index contributed by atoms with van der Waals surface area (Å²) in [4.78, 5) is 45.3. The fourth-order valence-electron chi connectivity index (χ4n) is 4.74. The zero-order valence-electron chi connectivity index (χ0n) is 22.9. The molecule has 1 aliphatic rings. The maximum absolute atomic E-state index is 14.3. The first-order chi connectivity index (χ1) is 18.0. The fourth-order valence-corrected chi connectivity index (χ4v) is 4.74. The average Bonchev–Trinajstić information content (AvgIpc) is 3.23. The van der Waals surface area contributed by atoms with E-state index in [0.717, 1.165) is 31.4 Å². The minimum absolute atomic E-state index is 0.0911. The van der Waals surface area contributed by atoms with Crippen molar-refractivity contribution in [2.45, 2.75) is 84.3 Å². The van der Waals surface area contributed by atoms with Crippen LogP contribution in [0.15, 0.2) is 24.4 Å². The van der Waals surface area contributed by atoms with Crippen LogP contribution in [0.1, 0.15) is 78.1 Å². The van der Waals surface area contributed by atoms with E-state index in [9.17, 15) is 23.2 Å². The molecule has 1 aliphatic heterocycles. The molecule has 1 aromatic carbocycles. The highest BCUT2D eigenvalue weighted by Gasteiger charge is 2.31. The highest BCUT2D eigenvalue weighted by molar-refractivity contribution is 5.92. The van der Waals surface area contributed by atoms with E-state index in [1.165, 1.54) is 6.07 Å². The van der Waals surface area contributed by atoms with Crippen molar-refractivity contribution in [3.8, 4) is 11.3 Å². The van der Waals surface area contributed by atoms with Gasteiger partial charge in [-0.25, -0.2) is 13.8 Å². The minimum atomic E-state index is -1.03. The number of carbonyl (C=O) groups is 3. The highest BCUT2D eigenvalue weighted by Crippen LogP contribution is 2.25. The maximum Gasteiger partial charge on any atom is 0.243 e. The van der Waals surface area contributed by atoms with Gasteiger partial charge in [-0.05, 0) is 57.6 Å². The van der Waals surface area contributed by atoms with Gasteiger partial charge in [0.15, 0.2) is 0 Å². The van der Waals surface area contributed by atoms with Gasteiger partial charge in [0.1, 0.15) is 23.5 Å². The smallest absolute Gasteiger partial charge is 0.243 e. The Labute approximate surface area is 223 Å². The molecule has 0 spiro atoms. The molecule has 0 radical (unpaired) electrons. The second-order valence-corrected chi connectivity index (χ2v) is 10.6. The van der Waals surface area contributed by atoms with Crippen molar-refractivity contribution >= 4 is 17.7 Å². The second kappa shape index (κ2) is 13.0. The first-order valence-corrected chi connectivity index (χ1v) is 13.3. The van der Waals surface area contributed by atoms with Crippen molar-refractivity contribution in [2.75, 3.05) is 6.54 Å². The Hall–Kier alpha value is -3.30. The van der Waals surface area contributed by atoms with Crippen molar-refractivity contribution in [2.24, 2.45) is 13.0 Å². The van der Waals surface area contributed by atoms with E-state index in [1.807, 2.05) is 20.8 Å². The molecule has 8 nitrogen and oxygen atoms in total. The van der Waals surface area contributed by atoms with Gasteiger partial charge in [-0.2, -0.15) is 0 Å². The third-order valence-electron chi connectivity index (χ3n) is 6.97. The van der Waals surface area contributed by atoms with Crippen molar-refractivity contribution < 1.29 is 23.2 Å². The Morgan fingerprint density at radius 2 is 1.87 bits per heavy atom. The van der Waals surface area contributed by atoms with Crippen LogP contribution < -0.4 is 10.6 Å². The molecule has 0 saturated carbocycles. The lowest BCUT2D eigenvalue weighted by atomic mass is 10.0. The lowest BCUT2D eigenvalue weighted by Crippen LogP contribution is -2.51. The second-order valence-electron chi connectivity index (χ2n) is 10.6. The molecule has 0 bridgehead atoms. The molecule has 0 unspecified atom stereocenters. The van der Waals surface area contributed by atoms with Crippen molar-refractivity contribution in [3.05, 3.63) is 41.9 Å². The van der Waals surface area contributed by atoms with Crippen LogP contribution >= 0.6 is 0 Å². The highest BCUT2D eigenvalue weighted by atomic mass is 19.1. The number of amides is 3. The third-order valence-corrected chi connectivity index (χ3v) is 6.97. The van der Waals surface area contributed by atoms with Gasteiger partial charge in [-0.15, -0.1) is 0 Å². The summed E-state index contributed by atoms with van der Waals surface area (Å²) in [6.07, 6.45) is 5.29. The predicted molar refractivity (Wildman–Crippen MR) is 141 cm³/mol. The Morgan fingerprint density at radius 3 is 2.53 bits per heavy atom. The van der Waals surface area contributed by atoms with E-state index in [1.54, 1.807) is 29.6 Å². The predicted octanol–water partition coefficient (Wildman–Crippen LogP) is 4.25. The summed E-state index contributed by atoms with van der Waals surface area (Å²) in [5, 5.41) is 5.62. The summed E-state index contributed by atoms with van der Waals surface area (Å²) in [6.45, 7) is 8.38. The molecule has 1 fully saturated rings. The van der Waals surface area contributed by atoms with Crippen molar-refractivity contribution in [3.63, 3.8) is 0 Å². The standard InChI is InChI=1S/C28H39F2N5O3/c1-17(2)9-12-25(36)32-23(15-26(37)35-13-7-6-8-18(35)3)28(38)31-19(4)27-33-24(16-34(27)5)21-11-10-20(29)14-22(21)30/h10-11,14,16-19,23H,6-9,12-13,15H2,1-5H3,(H,31,38)(H,32,36)/t18-,19+,23+/m1/s1. The van der Waals surface area contributed by atoms with Gasteiger partial charge in [0.05, 0.1) is 18.2 Å². The third kappa shape index (κ3) is 7.61. The van der Waals surface area contributed by atoms with Gasteiger partial charge in [0.2, 0.25) is 17.7 Å². The Kier molecular flexibility index (Phi) is 9.99. The van der Waals surface area contributed by atoms with E-state index < -0.39 is 29.6 Å². The number of piperidine rings is 1. The zero-order chi connectivity index (χ0) is 28.0. The van der Waals surface area contributed by atoms with Gasteiger partial charge in [0.25, 0.3) is 0 Å². The van der Waals surface area contributed by atoms with Crippen LogP contribution in [0.2, 0.25) is 0 Å². The van der Waals surface area contributed by atoms with E-state index in [0.29, 0.717) is 30.4 Å². The number of aromatic nitrogens is 2. The average molecular weight is 532 g/mol. The number of hydrogen-bond acceptors (Lipinski definition) is 4. The van der Waals surface area contributed by atoms with Crippen LogP contribution in [-0.4, -0.2) is 50.8 Å². The van der Waals surface area contributed by atoms with Gasteiger partial charge < -0.3 is 20.1 Å². The molecule has 208 valence electrons. The van der Waals surface area contributed by atoms with Crippen LogP contribution in [0.5, 0.6) is 0 Å². The van der Waals surface area contributed by atoms with Gasteiger partial charge in [-0.3, -0.25) is 14.4 Å². The fraction of sp³-hybridized carbons (Fsp3) is 0.571. The zero-order valence-corrected chi connectivity index (χ0v) is 22.9. The number of imidazole rings is 1. The molecule has 3 amide bonds. The molecule has 38 heavy (non-hydrogen) atoms. The first-order valence-electron chi connectivity index (χ1n) is 13.3. The maximum atomic E-state index is 14.3. The monoisotopic (exact) mass is 531 g/mol. The number of hydrogen-bond donors (Lipinski definition) is 2. The number of aryl methyl sites for hydroxylation is 1. The normalized spacial score (nSPS) is 17.3. The summed E-state index contributed by atoms with van der Waals surface area (Å²) in [5.41, 5.74) is 0.442. The molecule has 1 saturated heterocycles. The van der Waals surface area contributed by atoms with Crippen molar-refractivity contribution in [1.82, 2.24) is 25.1 Å². The molecule has 0 aliphatic carbocycles. The molecular formula is C28H39F2N5O3. The molecule has 10 heteroatoms. The molecule has 2 aromatic rings. The summed E-state index contributed by atoms with van der Waals surface area (Å²) >= 11 is 0. The number of benzene rings is 1. The quantitative estimate of drug-likeness (QED) is 0.479. The molecule has 3 atom stereocenters. The minimum Gasteiger partial charge on any atom is -0.345 e. The number of rotatable bonds is 10. The largest absolute Gasteiger partial charge is 0.345 e. The number of nitrogens with one attached hydrogen (secondary N) is 2. The van der Waals surface area contributed by atoms with Gasteiger partial charge in [-0.1, -0.05) is 13.8 Å². The van der Waals surface area contributed by atoms with Crippen LogP contribution in [0, 0.1) is 17.6 Å². The van der Waals surface area contributed by atoms with Gasteiger partial charge >= 0.3 is 0 Å². The number of likely N-dealkylation sites (tertiary alicyclic amines) is 1. The molecule has 2 heterocycles. The summed E-state index contributed by atoms with van der Waals surface area (Å²) < 4.78 is 29.3. The van der Waals surface area contributed by atoms with Crippen LogP contribution in [0.25, 0.3) is 11.3 Å². The summed E-state index contributed by atoms with van der Waals surface area (Å²) in [5.74, 6) is -1.59. The molecular weight excluding hydrogens is 492 g/mol. The van der Waals surface area contributed by atoms with Crippen molar-refractivity contribution in [1.29, 1.82) is 0 Å². The number of halogens is 2. The van der Waals surface area contributed by atoms with E-state index in [-0.39, 0.29) is 36.3 Å². The molecule has 1 aromatic heterocycles. The van der Waals surface area contributed by atoms with Crippen LogP contribution in [-0.2, 0) is 21.4 Å². The van der Waals surface area contributed by atoms with E-state index in [4.69, 9.17) is 0 Å². The van der Waals surface area contributed by atoms with Gasteiger partial charge in [0, 0.05) is 43.9 Å². The first kappa shape index (κ1) is 29.3. The summed E-state index contributed by atoms with van der Waals surface area (Å²) in [6, 6.07) is 1.72. The van der Waals surface area contributed by atoms with Crippen LogP contribution in [0.3, 0.4) is 0 Å². The van der Waals surface area contributed by atoms with E-state index in [2.05, 4.69) is 15.6 Å². The number of nitrogens with zero attached hydrogens (tertiary/aromatic N) is 3. The topological polar surface area (TPSA) is 96.3 Å². The lowest BCUT2D eigenvalue weighted by molar-refractivity contribution is -0.138. The SMILES string of the molecule is CC(C)CCC(=O)N[C@@H](CC(=O)N1CCCC[C@H]1C)C(=O)N[C@@H](C)c1nc(-c2ccc(F)cc2F)cn1C. The Balaban J connectivity index is 1.75. The van der Waals surface area contributed by atoms with Crippen LogP contribution in [0.4, 0.5) is 8.78 Å². The lowest BCUT2D eigenvalue weighted by Gasteiger charge is -2.34. The number of carbonyl (C=O) groups excluding carboxylic acids is 3. The molecule has 3 rings (SSSR count). The molecule has 2 N–H and O–H groups in total. The Bertz CT molecular complexity index is 1150. The summed E-state index contributed by atoms with van der Waals surface area (Å²) in [7, 11) is 1.71.